The largest absolute Gasteiger partial charge is 0.481 e. The monoisotopic (exact) mass is 197 g/mol. The number of rotatable bonds is 5. The Labute approximate surface area is 80.9 Å². The molecule has 1 rings (SSSR count). The van der Waals surface area contributed by atoms with Crippen molar-refractivity contribution in [2.24, 2.45) is 0 Å². The first-order chi connectivity index (χ1) is 6.72. The molecule has 0 saturated carbocycles. The average Bonchev–Trinajstić information content (AvgIpc) is 2.18. The summed E-state index contributed by atoms with van der Waals surface area (Å²) in [6.45, 7) is 0.329. The van der Waals surface area contributed by atoms with Crippen LogP contribution in [0.15, 0.2) is 12.3 Å². The molecule has 2 N–H and O–H groups in total. The number of hydrogen-bond donors (Lipinski definition) is 2. The van der Waals surface area contributed by atoms with E-state index < -0.39 is 5.97 Å². The smallest absolute Gasteiger partial charge is 0.318 e. The Bertz CT molecular complexity index is 316. The summed E-state index contributed by atoms with van der Waals surface area (Å²) >= 11 is 0. The molecule has 0 radical (unpaired) electrons. The lowest BCUT2D eigenvalue weighted by Gasteiger charge is -2.03. The molecule has 0 aliphatic rings. The second kappa shape index (κ2) is 5.00. The number of carbonyl (C=O) groups is 1. The Morgan fingerprint density at radius 3 is 3.14 bits per heavy atom. The SMILES string of the molecule is COc1nccc(NCCC(=O)O)n1. The molecule has 0 aliphatic carbocycles. The summed E-state index contributed by atoms with van der Waals surface area (Å²) < 4.78 is 4.80. The minimum Gasteiger partial charge on any atom is -0.481 e. The lowest BCUT2D eigenvalue weighted by molar-refractivity contribution is -0.136. The maximum absolute atomic E-state index is 10.2. The minimum absolute atomic E-state index is 0.0479. The fraction of sp³-hybridized carbons (Fsp3) is 0.375. The summed E-state index contributed by atoms with van der Waals surface area (Å²) in [6, 6.07) is 1.90. The molecule has 0 unspecified atom stereocenters. The predicted octanol–water partition coefficient (Wildman–Crippen LogP) is 0.372. The Morgan fingerprint density at radius 1 is 1.71 bits per heavy atom. The van der Waals surface area contributed by atoms with E-state index in [1.165, 1.54) is 13.3 Å². The maximum atomic E-state index is 10.2. The van der Waals surface area contributed by atoms with Crippen LogP contribution in [0.3, 0.4) is 0 Å². The van der Waals surface area contributed by atoms with Crippen LogP contribution in [0, 0.1) is 0 Å². The molecule has 76 valence electrons. The molecule has 0 amide bonds. The van der Waals surface area contributed by atoms with E-state index in [2.05, 4.69) is 15.3 Å². The standard InChI is InChI=1S/C8H11N3O3/c1-14-8-10-4-2-6(11-8)9-5-3-7(12)13/h2,4H,3,5H2,1H3,(H,12,13)(H,9,10,11). The maximum Gasteiger partial charge on any atom is 0.318 e. The van der Waals surface area contributed by atoms with E-state index in [0.717, 1.165) is 0 Å². The van der Waals surface area contributed by atoms with Crippen LogP contribution in [0.5, 0.6) is 6.01 Å². The van der Waals surface area contributed by atoms with Gasteiger partial charge >= 0.3 is 12.0 Å². The molecule has 0 bridgehead atoms. The molecule has 14 heavy (non-hydrogen) atoms. The number of methoxy groups -OCH3 is 1. The quantitative estimate of drug-likeness (QED) is 0.709. The zero-order chi connectivity index (χ0) is 10.4. The zero-order valence-electron chi connectivity index (χ0n) is 7.73. The van der Waals surface area contributed by atoms with Crippen molar-refractivity contribution < 1.29 is 14.6 Å². The molecule has 0 saturated heterocycles. The van der Waals surface area contributed by atoms with Crippen LogP contribution in [0.1, 0.15) is 6.42 Å². The number of hydrogen-bond acceptors (Lipinski definition) is 5. The highest BCUT2D eigenvalue weighted by Crippen LogP contribution is 2.06. The third-order valence-electron chi connectivity index (χ3n) is 1.46. The van der Waals surface area contributed by atoms with Crippen LogP contribution in [0.25, 0.3) is 0 Å². The van der Waals surface area contributed by atoms with Crippen molar-refractivity contribution in [1.29, 1.82) is 0 Å². The molecule has 6 heteroatoms. The summed E-state index contributed by atoms with van der Waals surface area (Å²) in [6.07, 6.45) is 1.58. The summed E-state index contributed by atoms with van der Waals surface area (Å²) in [4.78, 5) is 18.0. The number of aliphatic carboxylic acids is 1. The van der Waals surface area contributed by atoms with Crippen molar-refractivity contribution in [3.63, 3.8) is 0 Å². The minimum atomic E-state index is -0.849. The molecule has 0 atom stereocenters. The number of nitrogens with one attached hydrogen (secondary N) is 1. The molecule has 1 aromatic rings. The summed E-state index contributed by atoms with van der Waals surface area (Å²) in [5.41, 5.74) is 0. The first-order valence-electron chi connectivity index (χ1n) is 4.05. The van der Waals surface area contributed by atoms with E-state index in [1.807, 2.05) is 0 Å². The van der Waals surface area contributed by atoms with Gasteiger partial charge in [-0.15, -0.1) is 0 Å². The van der Waals surface area contributed by atoms with Gasteiger partial charge in [-0.1, -0.05) is 0 Å². The number of ether oxygens (including phenoxy) is 1. The van der Waals surface area contributed by atoms with Crippen LogP contribution in [0.4, 0.5) is 5.82 Å². The molecule has 6 nitrogen and oxygen atoms in total. The van der Waals surface area contributed by atoms with Gasteiger partial charge in [-0.05, 0) is 6.07 Å². The number of carboxylic acid groups (broad SMARTS) is 1. The molecule has 0 fully saturated rings. The van der Waals surface area contributed by atoms with E-state index in [0.29, 0.717) is 12.4 Å². The highest BCUT2D eigenvalue weighted by molar-refractivity contribution is 5.67. The fourth-order valence-corrected chi connectivity index (χ4v) is 0.835. The van der Waals surface area contributed by atoms with E-state index in [-0.39, 0.29) is 12.4 Å². The Hall–Kier alpha value is -1.85. The number of aromatic nitrogens is 2. The zero-order valence-corrected chi connectivity index (χ0v) is 7.73. The lowest BCUT2D eigenvalue weighted by atomic mass is 10.4. The van der Waals surface area contributed by atoms with Gasteiger partial charge in [0.05, 0.1) is 13.5 Å². The Kier molecular flexibility index (Phi) is 3.66. The summed E-state index contributed by atoms with van der Waals surface area (Å²) in [7, 11) is 1.47. The van der Waals surface area contributed by atoms with Crippen LogP contribution >= 0.6 is 0 Å². The van der Waals surface area contributed by atoms with E-state index in [1.54, 1.807) is 6.07 Å². The van der Waals surface area contributed by atoms with Crippen molar-refractivity contribution >= 4 is 11.8 Å². The van der Waals surface area contributed by atoms with E-state index in [9.17, 15) is 4.79 Å². The van der Waals surface area contributed by atoms with Crippen molar-refractivity contribution in [2.45, 2.75) is 6.42 Å². The molecule has 0 aliphatic heterocycles. The van der Waals surface area contributed by atoms with Crippen molar-refractivity contribution in [2.75, 3.05) is 19.0 Å². The number of nitrogens with zero attached hydrogens (tertiary/aromatic N) is 2. The van der Waals surface area contributed by atoms with Gasteiger partial charge in [-0.3, -0.25) is 4.79 Å². The highest BCUT2D eigenvalue weighted by Gasteiger charge is 1.99. The van der Waals surface area contributed by atoms with Gasteiger partial charge in [0, 0.05) is 12.7 Å². The third kappa shape index (κ3) is 3.26. The highest BCUT2D eigenvalue weighted by atomic mass is 16.5. The lowest BCUT2D eigenvalue weighted by Crippen LogP contribution is -2.08. The van der Waals surface area contributed by atoms with Gasteiger partial charge in [-0.25, -0.2) is 4.98 Å². The first kappa shape index (κ1) is 10.2. The predicted molar refractivity (Wildman–Crippen MR) is 49.3 cm³/mol. The van der Waals surface area contributed by atoms with Crippen molar-refractivity contribution in [3.8, 4) is 6.01 Å². The molecule has 1 heterocycles. The Balaban J connectivity index is 2.46. The first-order valence-corrected chi connectivity index (χ1v) is 4.05. The van der Waals surface area contributed by atoms with E-state index in [4.69, 9.17) is 9.84 Å². The fourth-order valence-electron chi connectivity index (χ4n) is 0.835. The number of anilines is 1. The van der Waals surface area contributed by atoms with Gasteiger partial charge in [0.1, 0.15) is 5.82 Å². The van der Waals surface area contributed by atoms with Crippen molar-refractivity contribution in [3.05, 3.63) is 12.3 Å². The third-order valence-corrected chi connectivity index (χ3v) is 1.46. The van der Waals surface area contributed by atoms with Crippen LogP contribution in [-0.4, -0.2) is 34.7 Å². The molecular formula is C8H11N3O3. The van der Waals surface area contributed by atoms with Gasteiger partial charge < -0.3 is 15.2 Å². The molecule has 0 aromatic carbocycles. The molecular weight excluding hydrogens is 186 g/mol. The molecule has 1 aromatic heterocycles. The van der Waals surface area contributed by atoms with Gasteiger partial charge in [0.15, 0.2) is 0 Å². The molecule has 0 spiro atoms. The van der Waals surface area contributed by atoms with Crippen molar-refractivity contribution in [1.82, 2.24) is 9.97 Å². The average molecular weight is 197 g/mol. The van der Waals surface area contributed by atoms with Gasteiger partial charge in [-0.2, -0.15) is 4.98 Å². The number of carboxylic acids is 1. The summed E-state index contributed by atoms with van der Waals surface area (Å²) in [5, 5.41) is 11.2. The van der Waals surface area contributed by atoms with Gasteiger partial charge in [0.25, 0.3) is 0 Å². The van der Waals surface area contributed by atoms with Crippen LogP contribution < -0.4 is 10.1 Å². The summed E-state index contributed by atoms with van der Waals surface area (Å²) in [5.74, 6) is -0.295. The second-order valence-corrected chi connectivity index (χ2v) is 2.50. The van der Waals surface area contributed by atoms with E-state index >= 15 is 0 Å². The van der Waals surface area contributed by atoms with Gasteiger partial charge in [0.2, 0.25) is 0 Å². The van der Waals surface area contributed by atoms with Crippen LogP contribution in [0.2, 0.25) is 0 Å². The normalized spacial score (nSPS) is 9.50. The second-order valence-electron chi connectivity index (χ2n) is 2.50. The Morgan fingerprint density at radius 2 is 2.50 bits per heavy atom. The topological polar surface area (TPSA) is 84.3 Å². The van der Waals surface area contributed by atoms with Crippen LogP contribution in [-0.2, 0) is 4.79 Å².